The first-order valence-electron chi connectivity index (χ1n) is 6.77. The smallest absolute Gasteiger partial charge is 0.330 e. The van der Waals surface area contributed by atoms with Crippen molar-refractivity contribution in [3.8, 4) is 0 Å². The van der Waals surface area contributed by atoms with Crippen LogP contribution in [-0.2, 0) is 0 Å². The lowest BCUT2D eigenvalue weighted by atomic mass is 10.2. The van der Waals surface area contributed by atoms with E-state index in [-0.39, 0.29) is 5.69 Å². The predicted octanol–water partition coefficient (Wildman–Crippen LogP) is 0.904. The van der Waals surface area contributed by atoms with Crippen LogP contribution >= 0.6 is 0 Å². The third kappa shape index (κ3) is 2.63. The Hall–Kier alpha value is -2.67. The fraction of sp³-hybridized carbons (Fsp3) is 0.214. The zero-order valence-corrected chi connectivity index (χ0v) is 11.4. The van der Waals surface area contributed by atoms with Crippen molar-refractivity contribution in [1.29, 1.82) is 0 Å². The first-order valence-corrected chi connectivity index (χ1v) is 6.77. The van der Waals surface area contributed by atoms with Gasteiger partial charge in [-0.2, -0.15) is 9.61 Å². The average molecular weight is 284 g/mol. The number of nitrogens with one attached hydrogen (secondary N) is 1. The van der Waals surface area contributed by atoms with Crippen LogP contribution in [0.3, 0.4) is 0 Å². The van der Waals surface area contributed by atoms with E-state index in [0.717, 1.165) is 18.7 Å². The number of aromatic nitrogens is 4. The van der Waals surface area contributed by atoms with E-state index < -0.39 is 0 Å². The summed E-state index contributed by atoms with van der Waals surface area (Å²) in [6.07, 6.45) is 0.828. The summed E-state index contributed by atoms with van der Waals surface area (Å²) >= 11 is 0. The molecule has 2 heterocycles. The number of fused-ring (bicyclic) bond motifs is 1. The second-order valence-corrected chi connectivity index (χ2v) is 4.62. The fourth-order valence-electron chi connectivity index (χ4n) is 2.17. The van der Waals surface area contributed by atoms with Crippen LogP contribution in [0.2, 0.25) is 0 Å². The van der Waals surface area contributed by atoms with Crippen molar-refractivity contribution in [2.75, 3.05) is 18.0 Å². The molecule has 0 unspecified atom stereocenters. The maximum atomic E-state index is 11.6. The van der Waals surface area contributed by atoms with Crippen LogP contribution in [0, 0.1) is 0 Å². The zero-order valence-electron chi connectivity index (χ0n) is 11.4. The van der Waals surface area contributed by atoms with Crippen molar-refractivity contribution < 1.29 is 0 Å². The summed E-state index contributed by atoms with van der Waals surface area (Å²) in [7, 11) is 0. The molecule has 21 heavy (non-hydrogen) atoms. The molecule has 0 saturated carbocycles. The first kappa shape index (κ1) is 13.3. The molecular weight excluding hydrogens is 268 g/mol. The van der Waals surface area contributed by atoms with E-state index in [1.807, 2.05) is 41.3 Å². The van der Waals surface area contributed by atoms with Gasteiger partial charge in [0.15, 0.2) is 11.5 Å². The lowest BCUT2D eigenvalue weighted by molar-refractivity contribution is 0.787. The molecule has 0 spiro atoms. The van der Waals surface area contributed by atoms with Crippen molar-refractivity contribution >= 4 is 17.2 Å². The molecular formula is C14H16N6O. The van der Waals surface area contributed by atoms with Gasteiger partial charge < -0.3 is 10.6 Å². The van der Waals surface area contributed by atoms with Gasteiger partial charge in [-0.15, -0.1) is 5.10 Å². The molecule has 0 aliphatic heterocycles. The largest absolute Gasteiger partial charge is 0.364 e. The molecule has 0 aliphatic rings. The highest BCUT2D eigenvalue weighted by Crippen LogP contribution is 2.23. The number of para-hydroxylation sites is 1. The molecule has 108 valence electrons. The van der Waals surface area contributed by atoms with Crippen LogP contribution < -0.4 is 16.3 Å². The third-order valence-electron chi connectivity index (χ3n) is 3.19. The van der Waals surface area contributed by atoms with E-state index in [9.17, 15) is 4.79 Å². The second-order valence-electron chi connectivity index (χ2n) is 4.62. The fourth-order valence-corrected chi connectivity index (χ4v) is 2.17. The third-order valence-corrected chi connectivity index (χ3v) is 3.19. The van der Waals surface area contributed by atoms with Crippen LogP contribution in [0.1, 0.15) is 6.42 Å². The van der Waals surface area contributed by atoms with Crippen LogP contribution in [0.25, 0.3) is 5.65 Å². The normalized spacial score (nSPS) is 10.9. The number of nitrogens with zero attached hydrogens (tertiary/aromatic N) is 4. The maximum Gasteiger partial charge on any atom is 0.364 e. The zero-order chi connectivity index (χ0) is 14.7. The molecule has 0 bridgehead atoms. The van der Waals surface area contributed by atoms with E-state index in [0.29, 0.717) is 18.0 Å². The van der Waals surface area contributed by atoms with Crippen molar-refractivity contribution in [2.24, 2.45) is 5.73 Å². The van der Waals surface area contributed by atoms with Gasteiger partial charge >= 0.3 is 5.69 Å². The minimum absolute atomic E-state index is 0.348. The van der Waals surface area contributed by atoms with Gasteiger partial charge in [-0.05, 0) is 37.2 Å². The van der Waals surface area contributed by atoms with Gasteiger partial charge in [0, 0.05) is 12.2 Å². The Bertz CT molecular complexity index is 779. The van der Waals surface area contributed by atoms with Crippen molar-refractivity contribution in [3.05, 3.63) is 52.9 Å². The highest BCUT2D eigenvalue weighted by molar-refractivity contribution is 5.60. The number of benzene rings is 1. The minimum Gasteiger partial charge on any atom is -0.330 e. The highest BCUT2D eigenvalue weighted by Gasteiger charge is 2.12. The summed E-state index contributed by atoms with van der Waals surface area (Å²) in [6.45, 7) is 1.32. The van der Waals surface area contributed by atoms with Gasteiger partial charge in [0.1, 0.15) is 0 Å². The SMILES string of the molecule is NCCCN(c1ccccc1)c1ccc2n[nH]c(=O)n2n1. The topological polar surface area (TPSA) is 92.3 Å². The Labute approximate surface area is 121 Å². The van der Waals surface area contributed by atoms with Crippen molar-refractivity contribution in [2.45, 2.75) is 6.42 Å². The molecule has 0 atom stereocenters. The van der Waals surface area contributed by atoms with Gasteiger partial charge in [0.2, 0.25) is 0 Å². The Kier molecular flexibility index (Phi) is 3.65. The molecule has 0 radical (unpaired) electrons. The van der Waals surface area contributed by atoms with Crippen molar-refractivity contribution in [3.63, 3.8) is 0 Å². The van der Waals surface area contributed by atoms with E-state index >= 15 is 0 Å². The molecule has 0 saturated heterocycles. The molecule has 7 nitrogen and oxygen atoms in total. The van der Waals surface area contributed by atoms with Crippen LogP contribution in [-0.4, -0.2) is 32.9 Å². The van der Waals surface area contributed by atoms with E-state index in [1.165, 1.54) is 4.52 Å². The summed E-state index contributed by atoms with van der Waals surface area (Å²) < 4.78 is 1.26. The predicted molar refractivity (Wildman–Crippen MR) is 80.7 cm³/mol. The van der Waals surface area contributed by atoms with Gasteiger partial charge in [-0.1, -0.05) is 18.2 Å². The van der Waals surface area contributed by atoms with E-state index in [1.54, 1.807) is 6.07 Å². The van der Waals surface area contributed by atoms with E-state index in [2.05, 4.69) is 15.3 Å². The van der Waals surface area contributed by atoms with Crippen LogP contribution in [0.4, 0.5) is 11.5 Å². The van der Waals surface area contributed by atoms with Gasteiger partial charge in [0.05, 0.1) is 0 Å². The number of hydrogen-bond acceptors (Lipinski definition) is 5. The number of aromatic amines is 1. The lowest BCUT2D eigenvalue weighted by Gasteiger charge is -2.23. The molecule has 0 aliphatic carbocycles. The molecule has 3 N–H and O–H groups in total. The lowest BCUT2D eigenvalue weighted by Crippen LogP contribution is -2.24. The molecule has 3 aromatic rings. The van der Waals surface area contributed by atoms with Crippen molar-refractivity contribution in [1.82, 2.24) is 19.8 Å². The Morgan fingerprint density at radius 2 is 2.00 bits per heavy atom. The molecule has 3 rings (SSSR count). The molecule has 7 heteroatoms. The Morgan fingerprint density at radius 1 is 1.19 bits per heavy atom. The Balaban J connectivity index is 2.05. The van der Waals surface area contributed by atoms with Crippen LogP contribution in [0.5, 0.6) is 0 Å². The number of rotatable bonds is 5. The number of nitrogens with two attached hydrogens (primary N) is 1. The summed E-state index contributed by atoms with van der Waals surface area (Å²) in [5, 5.41) is 10.6. The molecule has 0 fully saturated rings. The average Bonchev–Trinajstić information content (AvgIpc) is 2.90. The second kappa shape index (κ2) is 5.76. The monoisotopic (exact) mass is 284 g/mol. The molecule has 1 aromatic carbocycles. The minimum atomic E-state index is -0.348. The van der Waals surface area contributed by atoms with E-state index in [4.69, 9.17) is 5.73 Å². The van der Waals surface area contributed by atoms with Gasteiger partial charge in [-0.25, -0.2) is 9.89 Å². The summed E-state index contributed by atoms with van der Waals surface area (Å²) in [4.78, 5) is 13.7. The summed E-state index contributed by atoms with van der Waals surface area (Å²) in [5.41, 5.74) is 6.77. The Morgan fingerprint density at radius 3 is 2.76 bits per heavy atom. The number of hydrogen-bond donors (Lipinski definition) is 2. The summed E-state index contributed by atoms with van der Waals surface area (Å²) in [6, 6.07) is 13.5. The van der Waals surface area contributed by atoms with Gasteiger partial charge in [-0.3, -0.25) is 0 Å². The number of anilines is 2. The standard InChI is InChI=1S/C14H16N6O/c15-9-4-10-19(11-5-2-1-3-6-11)13-8-7-12-16-17-14(21)20(12)18-13/h1-3,5-8H,4,9-10,15H2,(H,17,21). The van der Waals surface area contributed by atoms with Gasteiger partial charge in [0.25, 0.3) is 0 Å². The molecule has 0 amide bonds. The molecule has 2 aromatic heterocycles. The summed E-state index contributed by atoms with van der Waals surface area (Å²) in [5.74, 6) is 0.686. The quantitative estimate of drug-likeness (QED) is 0.726. The number of H-pyrrole nitrogens is 1. The van der Waals surface area contributed by atoms with Crippen LogP contribution in [0.15, 0.2) is 47.3 Å². The maximum absolute atomic E-state index is 11.6. The first-order chi connectivity index (χ1) is 10.3. The highest BCUT2D eigenvalue weighted by atomic mass is 16.2.